The van der Waals surface area contributed by atoms with Crippen LogP contribution in [-0.2, 0) is 4.74 Å². The highest BCUT2D eigenvalue weighted by atomic mass is 32.1. The van der Waals surface area contributed by atoms with Crippen molar-refractivity contribution in [3.63, 3.8) is 0 Å². The van der Waals surface area contributed by atoms with E-state index in [1.807, 2.05) is 25.3 Å². The molecule has 3 rings (SSSR count). The fraction of sp³-hybridized carbons (Fsp3) is 0.462. The minimum atomic E-state index is -0.151. The van der Waals surface area contributed by atoms with Crippen LogP contribution in [0.3, 0.4) is 0 Å². The number of hydrogen-bond acceptors (Lipinski definition) is 6. The number of aryl methyl sites for hydroxylation is 1. The van der Waals surface area contributed by atoms with Crippen LogP contribution in [0.2, 0.25) is 0 Å². The van der Waals surface area contributed by atoms with Gasteiger partial charge in [-0.15, -0.1) is 10.2 Å². The number of thiophene rings is 1. The number of carbonyl (C=O) groups is 1. The van der Waals surface area contributed by atoms with E-state index in [9.17, 15) is 4.79 Å². The number of ether oxygens (including phenoxy) is 1. The Morgan fingerprint density at radius 1 is 1.48 bits per heavy atom. The molecule has 1 aliphatic heterocycles. The van der Waals surface area contributed by atoms with E-state index in [0.29, 0.717) is 18.2 Å². The Morgan fingerprint density at radius 2 is 2.33 bits per heavy atom. The average Bonchev–Trinajstić information content (AvgIpc) is 3.10. The maximum Gasteiger partial charge on any atom is 0.323 e. The second-order valence-corrected chi connectivity index (χ2v) is 6.92. The number of anilines is 1. The summed E-state index contributed by atoms with van der Waals surface area (Å²) >= 11 is 3.00. The van der Waals surface area contributed by atoms with Crippen molar-refractivity contribution in [3.8, 4) is 0 Å². The molecule has 2 aromatic heterocycles. The first kappa shape index (κ1) is 14.4. The molecule has 21 heavy (non-hydrogen) atoms. The molecule has 2 atom stereocenters. The fourth-order valence-electron chi connectivity index (χ4n) is 2.28. The first-order chi connectivity index (χ1) is 10.1. The number of morpholine rings is 1. The van der Waals surface area contributed by atoms with E-state index in [0.717, 1.165) is 10.6 Å². The molecule has 0 saturated carbocycles. The summed E-state index contributed by atoms with van der Waals surface area (Å²) < 4.78 is 5.93. The molecule has 8 heteroatoms. The monoisotopic (exact) mass is 324 g/mol. The van der Waals surface area contributed by atoms with Gasteiger partial charge in [-0.25, -0.2) is 4.79 Å². The van der Waals surface area contributed by atoms with Crippen molar-refractivity contribution in [2.45, 2.75) is 26.1 Å². The molecule has 6 nitrogen and oxygen atoms in total. The van der Waals surface area contributed by atoms with E-state index in [2.05, 4.69) is 20.9 Å². The molecular weight excluding hydrogens is 308 g/mol. The van der Waals surface area contributed by atoms with Crippen molar-refractivity contribution >= 4 is 33.8 Å². The number of hydrogen-bond donors (Lipinski definition) is 1. The molecule has 0 aliphatic carbocycles. The third kappa shape index (κ3) is 3.39. The quantitative estimate of drug-likeness (QED) is 0.922. The molecule has 112 valence electrons. The Balaban J connectivity index is 1.67. The summed E-state index contributed by atoms with van der Waals surface area (Å²) in [6.45, 7) is 4.96. The Kier molecular flexibility index (Phi) is 4.18. The molecular formula is C13H16N4O2S2. The minimum absolute atomic E-state index is 0.00514. The van der Waals surface area contributed by atoms with Gasteiger partial charge in [0.15, 0.2) is 0 Å². The summed E-state index contributed by atoms with van der Waals surface area (Å²) in [5.74, 6) is 0. The van der Waals surface area contributed by atoms with E-state index >= 15 is 0 Å². The molecule has 2 amide bonds. The fourth-order valence-corrected chi connectivity index (χ4v) is 3.56. The highest BCUT2D eigenvalue weighted by molar-refractivity contribution is 7.15. The van der Waals surface area contributed by atoms with Gasteiger partial charge in [-0.1, -0.05) is 11.3 Å². The lowest BCUT2D eigenvalue weighted by molar-refractivity contribution is -0.0640. The molecule has 0 aromatic carbocycles. The summed E-state index contributed by atoms with van der Waals surface area (Å²) in [7, 11) is 0. The van der Waals surface area contributed by atoms with Gasteiger partial charge in [0.25, 0.3) is 0 Å². The maximum atomic E-state index is 12.3. The standard InChI is InChI=1S/C13H16N4O2S2/c1-8-5-17(6-11(19-8)10-3-4-20-7-10)13(18)14-12-16-15-9(2)21-12/h3-4,7-8,11H,5-6H2,1-2H3,(H,14,16,18)/t8-,11+/m0/s1. The van der Waals surface area contributed by atoms with Crippen molar-refractivity contribution in [3.05, 3.63) is 27.4 Å². The largest absolute Gasteiger partial charge is 0.367 e. The summed E-state index contributed by atoms with van der Waals surface area (Å²) in [6.07, 6.45) is -0.0625. The molecule has 1 aliphatic rings. The lowest BCUT2D eigenvalue weighted by atomic mass is 10.1. The molecule has 0 unspecified atom stereocenters. The Bertz CT molecular complexity index is 613. The first-order valence-electron chi connectivity index (χ1n) is 6.65. The van der Waals surface area contributed by atoms with Gasteiger partial charge in [-0.05, 0) is 36.2 Å². The van der Waals surface area contributed by atoms with E-state index in [1.54, 1.807) is 16.2 Å². The van der Waals surface area contributed by atoms with Crippen molar-refractivity contribution in [1.82, 2.24) is 15.1 Å². The van der Waals surface area contributed by atoms with Gasteiger partial charge in [-0.2, -0.15) is 11.3 Å². The minimum Gasteiger partial charge on any atom is -0.367 e. The van der Waals surface area contributed by atoms with Crippen molar-refractivity contribution in [1.29, 1.82) is 0 Å². The van der Waals surface area contributed by atoms with Crippen molar-refractivity contribution in [2.24, 2.45) is 0 Å². The smallest absolute Gasteiger partial charge is 0.323 e. The topological polar surface area (TPSA) is 67.4 Å². The summed E-state index contributed by atoms with van der Waals surface area (Å²) in [5, 5.41) is 16.1. The third-order valence-electron chi connectivity index (χ3n) is 3.20. The van der Waals surface area contributed by atoms with Crippen molar-refractivity contribution < 1.29 is 9.53 Å². The predicted octanol–water partition coefficient (Wildman–Crippen LogP) is 2.90. The molecule has 0 spiro atoms. The highest BCUT2D eigenvalue weighted by Gasteiger charge is 2.30. The number of nitrogens with one attached hydrogen (secondary N) is 1. The lowest BCUT2D eigenvalue weighted by Crippen LogP contribution is -2.47. The van der Waals surface area contributed by atoms with Crippen LogP contribution in [-0.4, -0.2) is 40.3 Å². The van der Waals surface area contributed by atoms with Gasteiger partial charge in [0.05, 0.1) is 12.6 Å². The Hall–Kier alpha value is -1.51. The maximum absolute atomic E-state index is 12.3. The zero-order valence-electron chi connectivity index (χ0n) is 11.8. The van der Waals surface area contributed by atoms with Crippen LogP contribution in [0.25, 0.3) is 0 Å². The normalized spacial score (nSPS) is 22.3. The van der Waals surface area contributed by atoms with E-state index in [1.165, 1.54) is 11.3 Å². The number of urea groups is 1. The van der Waals surface area contributed by atoms with Gasteiger partial charge in [0.1, 0.15) is 11.1 Å². The highest BCUT2D eigenvalue weighted by Crippen LogP contribution is 2.27. The SMILES string of the molecule is Cc1nnc(NC(=O)N2C[C@H](C)O[C@@H](c3ccsc3)C2)s1. The van der Waals surface area contributed by atoms with E-state index < -0.39 is 0 Å². The van der Waals surface area contributed by atoms with Crippen molar-refractivity contribution in [2.75, 3.05) is 18.4 Å². The van der Waals surface area contributed by atoms with Crippen LogP contribution in [0.4, 0.5) is 9.93 Å². The van der Waals surface area contributed by atoms with E-state index in [-0.39, 0.29) is 18.2 Å². The van der Waals surface area contributed by atoms with E-state index in [4.69, 9.17) is 4.74 Å². The third-order valence-corrected chi connectivity index (χ3v) is 4.66. The number of nitrogens with zero attached hydrogens (tertiary/aromatic N) is 3. The average molecular weight is 324 g/mol. The van der Waals surface area contributed by atoms with Crippen LogP contribution < -0.4 is 5.32 Å². The van der Waals surface area contributed by atoms with Crippen LogP contribution in [0, 0.1) is 6.92 Å². The zero-order chi connectivity index (χ0) is 14.8. The van der Waals surface area contributed by atoms with Crippen LogP contribution in [0.15, 0.2) is 16.8 Å². The zero-order valence-corrected chi connectivity index (χ0v) is 13.4. The molecule has 0 bridgehead atoms. The molecule has 1 fully saturated rings. The lowest BCUT2D eigenvalue weighted by Gasteiger charge is -2.36. The summed E-state index contributed by atoms with van der Waals surface area (Å²) in [6, 6.07) is 1.89. The first-order valence-corrected chi connectivity index (χ1v) is 8.41. The molecule has 2 aromatic rings. The molecule has 0 radical (unpaired) electrons. The Labute approximate surface area is 130 Å². The van der Waals surface area contributed by atoms with Gasteiger partial charge in [0, 0.05) is 6.54 Å². The molecule has 3 heterocycles. The molecule has 1 N–H and O–H groups in total. The van der Waals surface area contributed by atoms with Gasteiger partial charge in [-0.3, -0.25) is 5.32 Å². The van der Waals surface area contributed by atoms with Crippen LogP contribution >= 0.6 is 22.7 Å². The number of rotatable bonds is 2. The van der Waals surface area contributed by atoms with Gasteiger partial charge < -0.3 is 9.64 Å². The number of carbonyl (C=O) groups excluding carboxylic acids is 1. The van der Waals surface area contributed by atoms with Crippen LogP contribution in [0.1, 0.15) is 23.6 Å². The second kappa shape index (κ2) is 6.08. The number of amides is 2. The van der Waals surface area contributed by atoms with Gasteiger partial charge >= 0.3 is 6.03 Å². The number of aromatic nitrogens is 2. The predicted molar refractivity (Wildman–Crippen MR) is 82.8 cm³/mol. The molecule has 1 saturated heterocycles. The summed E-state index contributed by atoms with van der Waals surface area (Å²) in [4.78, 5) is 14.1. The van der Waals surface area contributed by atoms with Crippen LogP contribution in [0.5, 0.6) is 0 Å². The second-order valence-electron chi connectivity index (χ2n) is 4.95. The Morgan fingerprint density at radius 3 is 3.00 bits per heavy atom. The summed E-state index contributed by atoms with van der Waals surface area (Å²) in [5.41, 5.74) is 1.12. The van der Waals surface area contributed by atoms with Gasteiger partial charge in [0.2, 0.25) is 5.13 Å².